The molecule has 0 radical (unpaired) electrons. The second-order valence-electron chi connectivity index (χ2n) is 12.2. The van der Waals surface area contributed by atoms with Crippen LogP contribution in [-0.2, 0) is 22.5 Å². The number of quaternary nitrogens is 1. The van der Waals surface area contributed by atoms with Crippen molar-refractivity contribution >= 4 is 18.1 Å². The first kappa shape index (κ1) is 30.1. The molecule has 1 aliphatic rings. The number of aliphatic hydroxyl groups excluding tert-OH is 1. The first-order chi connectivity index (χ1) is 18.1. The van der Waals surface area contributed by atoms with Crippen LogP contribution < -0.4 is 5.32 Å². The molecule has 0 spiro atoms. The second-order valence-corrected chi connectivity index (χ2v) is 12.2. The Labute approximate surface area is 231 Å². The molecular weight excluding hydrogens is 498 g/mol. The molecule has 0 aromatic heterocycles. The number of rotatable bonds is 7. The maximum absolute atomic E-state index is 14.1. The molecule has 39 heavy (non-hydrogen) atoms. The monoisotopic (exact) mass is 540 g/mol. The Hall–Kier alpha value is -3.43. The van der Waals surface area contributed by atoms with E-state index in [1.54, 1.807) is 48.5 Å². The van der Waals surface area contributed by atoms with Crippen LogP contribution in [0.15, 0.2) is 60.7 Å². The first-order valence-corrected chi connectivity index (χ1v) is 13.3. The fourth-order valence-corrected chi connectivity index (χ4v) is 5.71. The molecule has 9 heteroatoms. The second kappa shape index (κ2) is 11.4. The Balaban J connectivity index is 2.10. The van der Waals surface area contributed by atoms with Gasteiger partial charge in [0.2, 0.25) is 6.04 Å². The van der Waals surface area contributed by atoms with Crippen molar-refractivity contribution in [2.45, 2.75) is 96.9 Å². The van der Waals surface area contributed by atoms with Crippen LogP contribution in [0.25, 0.3) is 0 Å². The molecule has 2 aromatic carbocycles. The number of hydrogen-bond acceptors (Lipinski definition) is 5. The Kier molecular flexibility index (Phi) is 8.77. The number of nitrogens with zero attached hydrogens (tertiary/aromatic N) is 2. The van der Waals surface area contributed by atoms with Gasteiger partial charge in [0.15, 0.2) is 6.17 Å². The van der Waals surface area contributed by atoms with E-state index in [-0.39, 0.29) is 13.0 Å². The molecule has 3 rings (SSSR count). The molecular formula is C30H42N3O6+. The average molecular weight is 541 g/mol. The molecule has 0 saturated carbocycles. The van der Waals surface area contributed by atoms with E-state index in [2.05, 4.69) is 5.32 Å². The summed E-state index contributed by atoms with van der Waals surface area (Å²) in [6, 6.07) is 16.2. The Morgan fingerprint density at radius 2 is 1.49 bits per heavy atom. The molecule has 1 aliphatic heterocycles. The summed E-state index contributed by atoms with van der Waals surface area (Å²) in [6.45, 7) is 12.3. The number of ether oxygens (including phenoxy) is 1. The molecule has 212 valence electrons. The lowest BCUT2D eigenvalue weighted by molar-refractivity contribution is -0.939. The smallest absolute Gasteiger partial charge is 0.444 e. The van der Waals surface area contributed by atoms with Crippen molar-refractivity contribution in [3.05, 3.63) is 71.8 Å². The van der Waals surface area contributed by atoms with E-state index in [0.29, 0.717) is 0 Å². The normalized spacial score (nSPS) is 23.3. The lowest BCUT2D eigenvalue weighted by Gasteiger charge is -2.48. The third-order valence-electron chi connectivity index (χ3n) is 7.37. The summed E-state index contributed by atoms with van der Waals surface area (Å²) in [5.74, 6) is -0.486. The Morgan fingerprint density at radius 3 is 1.95 bits per heavy atom. The van der Waals surface area contributed by atoms with Gasteiger partial charge in [-0.25, -0.2) is 4.79 Å². The number of carbonyl (C=O) groups excluding carboxylic acids is 2. The molecule has 5 atom stereocenters. The molecule has 1 saturated heterocycles. The highest BCUT2D eigenvalue weighted by molar-refractivity contribution is 5.86. The van der Waals surface area contributed by atoms with Crippen molar-refractivity contribution in [2.24, 2.45) is 0 Å². The lowest BCUT2D eigenvalue weighted by Crippen LogP contribution is -2.74. The van der Waals surface area contributed by atoms with E-state index in [9.17, 15) is 24.6 Å². The highest BCUT2D eigenvalue weighted by atomic mass is 16.6. The van der Waals surface area contributed by atoms with E-state index < -0.39 is 58.1 Å². The number of alkyl carbamates (subject to hydrolysis) is 1. The van der Waals surface area contributed by atoms with Crippen molar-refractivity contribution in [2.75, 3.05) is 0 Å². The van der Waals surface area contributed by atoms with Gasteiger partial charge in [-0.3, -0.25) is 9.69 Å². The predicted octanol–water partition coefficient (Wildman–Crippen LogP) is 4.53. The average Bonchev–Trinajstić information content (AvgIpc) is 3.05. The number of nitrogens with one attached hydrogen (secondary N) is 1. The minimum atomic E-state index is -1.54. The quantitative estimate of drug-likeness (QED) is 0.444. The van der Waals surface area contributed by atoms with Crippen molar-refractivity contribution < 1.29 is 33.8 Å². The van der Waals surface area contributed by atoms with Crippen molar-refractivity contribution in [3.8, 4) is 0 Å². The number of amides is 3. The summed E-state index contributed by atoms with van der Waals surface area (Å²) in [7, 11) is 0. The molecule has 0 aliphatic carbocycles. The maximum Gasteiger partial charge on any atom is 0.516 e. The van der Waals surface area contributed by atoms with Gasteiger partial charge in [0.25, 0.3) is 5.91 Å². The van der Waals surface area contributed by atoms with E-state index >= 15 is 0 Å². The van der Waals surface area contributed by atoms with Crippen molar-refractivity contribution in [1.82, 2.24) is 10.2 Å². The predicted molar refractivity (Wildman–Crippen MR) is 148 cm³/mol. The van der Waals surface area contributed by atoms with E-state index in [1.807, 2.05) is 60.7 Å². The Bertz CT molecular complexity index is 1160. The van der Waals surface area contributed by atoms with E-state index in [4.69, 9.17) is 4.74 Å². The van der Waals surface area contributed by atoms with Gasteiger partial charge >= 0.3 is 12.2 Å². The fourth-order valence-electron chi connectivity index (χ4n) is 5.71. The van der Waals surface area contributed by atoms with Gasteiger partial charge in [-0.05, 0) is 59.1 Å². The zero-order valence-electron chi connectivity index (χ0n) is 23.9. The number of aliphatic hydroxyl groups is 1. The molecule has 1 heterocycles. The molecule has 3 N–H and O–H groups in total. The van der Waals surface area contributed by atoms with Crippen LogP contribution in [0, 0.1) is 0 Å². The summed E-state index contributed by atoms with van der Waals surface area (Å²) in [6.07, 6.45) is -4.15. The molecule has 2 aromatic rings. The van der Waals surface area contributed by atoms with Gasteiger partial charge in [0.05, 0.1) is 12.6 Å². The maximum atomic E-state index is 14.1. The largest absolute Gasteiger partial charge is 0.516 e. The Morgan fingerprint density at radius 1 is 0.974 bits per heavy atom. The van der Waals surface area contributed by atoms with Gasteiger partial charge in [0, 0.05) is 6.92 Å². The zero-order valence-corrected chi connectivity index (χ0v) is 23.9. The SMILES string of the molecule is CC1N(Cc2ccccc2)C(=O)C(C(O)[C@H](Cc2ccccc2)NC(=O)OC(C)(C)C)[N+]1(C(=O)O)C(C)(C)C. The van der Waals surface area contributed by atoms with Crippen LogP contribution in [-0.4, -0.2) is 73.2 Å². The van der Waals surface area contributed by atoms with Crippen molar-refractivity contribution in [1.29, 1.82) is 0 Å². The zero-order chi connectivity index (χ0) is 29.2. The van der Waals surface area contributed by atoms with E-state index in [0.717, 1.165) is 11.1 Å². The lowest BCUT2D eigenvalue weighted by atomic mass is 9.90. The van der Waals surface area contributed by atoms with Gasteiger partial charge in [-0.2, -0.15) is 9.28 Å². The third kappa shape index (κ3) is 6.25. The molecule has 3 amide bonds. The standard InChI is InChI=1S/C30H41N3O6/c1-20-32(19-22-16-12-9-13-17-22)26(35)24(33(20,28(37)38)29(2,3)4)25(34)23(18-21-14-10-8-11-15-21)31-27(36)39-30(5,6)7/h8-17,20,23-25,34H,18-19H2,1-7H3,(H-,31,36,37,38)/p+1/t20?,23-,24?,25?,33?/m0/s1. The number of carboxylic acid groups (broad SMARTS) is 1. The fraction of sp³-hybridized carbons (Fsp3) is 0.500. The van der Waals surface area contributed by atoms with Crippen LogP contribution >= 0.6 is 0 Å². The number of benzene rings is 2. The third-order valence-corrected chi connectivity index (χ3v) is 7.37. The highest BCUT2D eigenvalue weighted by Gasteiger charge is 2.70. The van der Waals surface area contributed by atoms with Crippen LogP contribution in [0.2, 0.25) is 0 Å². The topological polar surface area (TPSA) is 116 Å². The van der Waals surface area contributed by atoms with E-state index in [1.165, 1.54) is 4.90 Å². The number of hydrogen-bond donors (Lipinski definition) is 3. The van der Waals surface area contributed by atoms with Gasteiger partial charge in [-0.1, -0.05) is 60.7 Å². The van der Waals surface area contributed by atoms with Gasteiger partial charge in [-0.15, -0.1) is 0 Å². The summed E-state index contributed by atoms with van der Waals surface area (Å²) >= 11 is 0. The van der Waals surface area contributed by atoms with Crippen LogP contribution in [0.3, 0.4) is 0 Å². The summed E-state index contributed by atoms with van der Waals surface area (Å²) in [5.41, 5.74) is -0.122. The van der Waals surface area contributed by atoms with Crippen LogP contribution in [0.4, 0.5) is 9.59 Å². The van der Waals surface area contributed by atoms with Crippen LogP contribution in [0.5, 0.6) is 0 Å². The van der Waals surface area contributed by atoms with Crippen LogP contribution in [0.1, 0.15) is 59.6 Å². The van der Waals surface area contributed by atoms with Gasteiger partial charge in [0.1, 0.15) is 17.2 Å². The first-order valence-electron chi connectivity index (χ1n) is 13.3. The minimum Gasteiger partial charge on any atom is -0.444 e. The summed E-state index contributed by atoms with van der Waals surface area (Å²) < 4.78 is 4.73. The van der Waals surface area contributed by atoms with Crippen molar-refractivity contribution in [3.63, 3.8) is 0 Å². The molecule has 4 unspecified atom stereocenters. The molecule has 0 bridgehead atoms. The van der Waals surface area contributed by atoms with Gasteiger partial charge < -0.3 is 20.3 Å². The summed E-state index contributed by atoms with van der Waals surface area (Å²) in [5, 5.41) is 25.4. The number of carbonyl (C=O) groups is 3. The highest BCUT2D eigenvalue weighted by Crippen LogP contribution is 2.43. The summed E-state index contributed by atoms with van der Waals surface area (Å²) in [4.78, 5) is 41.7. The molecule has 9 nitrogen and oxygen atoms in total. The minimum absolute atomic E-state index is 0.169. The molecule has 1 fully saturated rings.